The summed E-state index contributed by atoms with van der Waals surface area (Å²) in [5.41, 5.74) is 0.939. The summed E-state index contributed by atoms with van der Waals surface area (Å²) >= 11 is 0. The quantitative estimate of drug-likeness (QED) is 0.542. The number of amides is 3. The molecule has 34 heavy (non-hydrogen) atoms. The molecule has 1 aliphatic rings. The molecule has 9 heteroatoms. The number of benzene rings is 2. The van der Waals surface area contributed by atoms with Gasteiger partial charge in [0.15, 0.2) is 18.1 Å². The van der Waals surface area contributed by atoms with Gasteiger partial charge in [0.2, 0.25) is 5.75 Å². The Morgan fingerprint density at radius 3 is 2.18 bits per heavy atom. The summed E-state index contributed by atoms with van der Waals surface area (Å²) in [6.45, 7) is 4.07. The summed E-state index contributed by atoms with van der Waals surface area (Å²) in [5, 5.41) is 0. The van der Waals surface area contributed by atoms with Gasteiger partial charge >= 0.3 is 12.0 Å². The number of hydrogen-bond donors (Lipinski definition) is 0. The molecule has 0 radical (unpaired) electrons. The summed E-state index contributed by atoms with van der Waals surface area (Å²) < 4.78 is 21.2. The number of carbonyl (C=O) groups excluding carboxylic acids is 3. The molecule has 0 N–H and O–H groups in total. The minimum absolute atomic E-state index is 0.0780. The van der Waals surface area contributed by atoms with Gasteiger partial charge in [-0.15, -0.1) is 0 Å². The lowest BCUT2D eigenvalue weighted by molar-refractivity contribution is -0.133. The molecule has 0 aromatic heterocycles. The van der Waals surface area contributed by atoms with Gasteiger partial charge in [-0.2, -0.15) is 0 Å². The summed E-state index contributed by atoms with van der Waals surface area (Å²) in [6, 6.07) is 11.5. The highest BCUT2D eigenvalue weighted by atomic mass is 16.5. The molecule has 0 bridgehead atoms. The molecule has 0 unspecified atom stereocenters. The number of esters is 1. The van der Waals surface area contributed by atoms with E-state index in [-0.39, 0.29) is 40.8 Å². The van der Waals surface area contributed by atoms with E-state index < -0.39 is 18.5 Å². The number of methoxy groups -OCH3 is 3. The van der Waals surface area contributed by atoms with Crippen molar-refractivity contribution < 1.29 is 33.3 Å². The van der Waals surface area contributed by atoms with Gasteiger partial charge < -0.3 is 18.9 Å². The molecule has 1 saturated heterocycles. The van der Waals surface area contributed by atoms with Crippen LogP contribution in [-0.2, 0) is 9.53 Å². The van der Waals surface area contributed by atoms with Gasteiger partial charge in [0.25, 0.3) is 5.91 Å². The van der Waals surface area contributed by atoms with E-state index in [1.54, 1.807) is 4.90 Å². The van der Waals surface area contributed by atoms with Crippen molar-refractivity contribution in [2.75, 3.05) is 39.4 Å². The van der Waals surface area contributed by atoms with Crippen LogP contribution in [0.2, 0.25) is 0 Å². The SMILES string of the molecule is COC(=O)c1cc(OC)c(OCC(=O)N2C(=O)N(c3ccccc3)CC[C@H]2C(C)C)c(OC)c1. The average molecular weight is 471 g/mol. The Kier molecular flexibility index (Phi) is 7.99. The molecular formula is C25H30N2O7. The molecule has 0 aliphatic carbocycles. The highest BCUT2D eigenvalue weighted by molar-refractivity contribution is 6.04. The fourth-order valence-electron chi connectivity index (χ4n) is 3.99. The van der Waals surface area contributed by atoms with E-state index in [9.17, 15) is 14.4 Å². The molecule has 182 valence electrons. The van der Waals surface area contributed by atoms with E-state index in [4.69, 9.17) is 18.9 Å². The first-order valence-electron chi connectivity index (χ1n) is 11.0. The van der Waals surface area contributed by atoms with Crippen LogP contribution in [0.15, 0.2) is 42.5 Å². The van der Waals surface area contributed by atoms with Crippen LogP contribution in [0.3, 0.4) is 0 Å². The number of hydrogen-bond acceptors (Lipinski definition) is 7. The molecule has 3 rings (SSSR count). The number of ether oxygens (including phenoxy) is 4. The maximum Gasteiger partial charge on any atom is 0.338 e. The molecular weight excluding hydrogens is 440 g/mol. The molecule has 2 aromatic rings. The van der Waals surface area contributed by atoms with Crippen molar-refractivity contribution in [2.45, 2.75) is 26.3 Å². The highest BCUT2D eigenvalue weighted by Gasteiger charge is 2.39. The van der Waals surface area contributed by atoms with Crippen LogP contribution >= 0.6 is 0 Å². The first kappa shape index (κ1) is 24.9. The van der Waals surface area contributed by atoms with Gasteiger partial charge in [-0.1, -0.05) is 32.0 Å². The van der Waals surface area contributed by atoms with Crippen LogP contribution in [0.4, 0.5) is 10.5 Å². The third-order valence-electron chi connectivity index (χ3n) is 5.74. The molecule has 9 nitrogen and oxygen atoms in total. The van der Waals surface area contributed by atoms with Crippen LogP contribution < -0.4 is 19.1 Å². The third kappa shape index (κ3) is 5.08. The zero-order chi connectivity index (χ0) is 24.8. The maximum absolute atomic E-state index is 13.4. The lowest BCUT2D eigenvalue weighted by atomic mass is 9.96. The smallest absolute Gasteiger partial charge is 0.338 e. The minimum atomic E-state index is -0.570. The van der Waals surface area contributed by atoms with Gasteiger partial charge in [-0.3, -0.25) is 14.6 Å². The molecule has 1 atom stereocenters. The van der Waals surface area contributed by atoms with E-state index in [1.807, 2.05) is 44.2 Å². The number of para-hydroxylation sites is 1. The van der Waals surface area contributed by atoms with Crippen molar-refractivity contribution in [3.63, 3.8) is 0 Å². The first-order valence-corrected chi connectivity index (χ1v) is 11.0. The van der Waals surface area contributed by atoms with E-state index in [2.05, 4.69) is 0 Å². The second-order valence-corrected chi connectivity index (χ2v) is 8.12. The highest BCUT2D eigenvalue weighted by Crippen LogP contribution is 2.39. The van der Waals surface area contributed by atoms with Gasteiger partial charge in [0, 0.05) is 18.3 Å². The van der Waals surface area contributed by atoms with Crippen LogP contribution in [0.1, 0.15) is 30.6 Å². The minimum Gasteiger partial charge on any atom is -0.493 e. The van der Waals surface area contributed by atoms with Crippen LogP contribution in [0.25, 0.3) is 0 Å². The van der Waals surface area contributed by atoms with Crippen LogP contribution in [0.5, 0.6) is 17.2 Å². The van der Waals surface area contributed by atoms with E-state index in [1.165, 1.54) is 38.4 Å². The monoisotopic (exact) mass is 470 g/mol. The van der Waals surface area contributed by atoms with E-state index in [0.717, 1.165) is 5.69 Å². The molecule has 1 fully saturated rings. The largest absolute Gasteiger partial charge is 0.493 e. The lowest BCUT2D eigenvalue weighted by Crippen LogP contribution is -2.59. The normalized spacial score (nSPS) is 15.8. The number of rotatable bonds is 8. The van der Waals surface area contributed by atoms with Crippen molar-refractivity contribution in [2.24, 2.45) is 5.92 Å². The van der Waals surface area contributed by atoms with E-state index in [0.29, 0.717) is 13.0 Å². The van der Waals surface area contributed by atoms with Crippen molar-refractivity contribution >= 4 is 23.6 Å². The fourth-order valence-corrected chi connectivity index (χ4v) is 3.99. The predicted octanol–water partition coefficient (Wildman–Crippen LogP) is 3.75. The topological polar surface area (TPSA) is 94.6 Å². The van der Waals surface area contributed by atoms with E-state index >= 15 is 0 Å². The number of nitrogens with zero attached hydrogens (tertiary/aromatic N) is 2. The Morgan fingerprint density at radius 1 is 1.03 bits per heavy atom. The Balaban J connectivity index is 1.85. The standard InChI is InChI=1S/C25H30N2O7/c1-16(2)19-11-12-26(18-9-7-6-8-10-18)25(30)27(19)22(28)15-34-23-20(31-3)13-17(24(29)33-5)14-21(23)32-4/h6-10,13-14,16,19H,11-12,15H2,1-5H3/t19-/m0/s1. The summed E-state index contributed by atoms with van der Waals surface area (Å²) in [5.74, 6) is -0.428. The summed E-state index contributed by atoms with van der Waals surface area (Å²) in [6.07, 6.45) is 0.643. The zero-order valence-corrected chi connectivity index (χ0v) is 20.1. The number of imide groups is 1. The Hall–Kier alpha value is -3.75. The molecule has 3 amide bonds. The van der Waals surface area contributed by atoms with Crippen LogP contribution in [-0.4, -0.2) is 63.3 Å². The molecule has 2 aromatic carbocycles. The molecule has 1 heterocycles. The van der Waals surface area contributed by atoms with Gasteiger partial charge in [-0.25, -0.2) is 9.59 Å². The van der Waals surface area contributed by atoms with Crippen LogP contribution in [0, 0.1) is 5.92 Å². The van der Waals surface area contributed by atoms with Gasteiger partial charge in [0.05, 0.1) is 26.9 Å². The Labute approximate surface area is 199 Å². The second-order valence-electron chi connectivity index (χ2n) is 8.12. The third-order valence-corrected chi connectivity index (χ3v) is 5.74. The summed E-state index contributed by atoms with van der Waals surface area (Å²) in [7, 11) is 4.08. The Morgan fingerprint density at radius 2 is 1.65 bits per heavy atom. The summed E-state index contributed by atoms with van der Waals surface area (Å²) in [4.78, 5) is 41.5. The average Bonchev–Trinajstić information content (AvgIpc) is 2.86. The lowest BCUT2D eigenvalue weighted by Gasteiger charge is -2.41. The zero-order valence-electron chi connectivity index (χ0n) is 20.1. The van der Waals surface area contributed by atoms with Crippen molar-refractivity contribution in [3.05, 3.63) is 48.0 Å². The number of carbonyl (C=O) groups is 3. The second kappa shape index (κ2) is 10.9. The van der Waals surface area contributed by atoms with Gasteiger partial charge in [-0.05, 0) is 36.6 Å². The molecule has 1 aliphatic heterocycles. The first-order chi connectivity index (χ1) is 16.3. The maximum atomic E-state index is 13.4. The van der Waals surface area contributed by atoms with Crippen molar-refractivity contribution in [3.8, 4) is 17.2 Å². The van der Waals surface area contributed by atoms with Crippen molar-refractivity contribution in [1.82, 2.24) is 4.90 Å². The number of urea groups is 1. The van der Waals surface area contributed by atoms with Crippen molar-refractivity contribution in [1.29, 1.82) is 0 Å². The fraction of sp³-hybridized carbons (Fsp3) is 0.400. The Bertz CT molecular complexity index is 1010. The number of anilines is 1. The molecule has 0 saturated carbocycles. The molecule has 0 spiro atoms. The van der Waals surface area contributed by atoms with Gasteiger partial charge in [0.1, 0.15) is 0 Å². The predicted molar refractivity (Wildman–Crippen MR) is 126 cm³/mol.